The lowest BCUT2D eigenvalue weighted by Gasteiger charge is -2.04. The Hall–Kier alpha value is -3.69. The lowest BCUT2D eigenvalue weighted by molar-refractivity contribution is -0.385. The minimum atomic E-state index is -0.707. The zero-order valence-corrected chi connectivity index (χ0v) is 12.6. The van der Waals surface area contributed by atoms with Gasteiger partial charge < -0.3 is 0 Å². The number of nitro groups is 2. The number of hydrogen-bond donors (Lipinski definition) is 0. The van der Waals surface area contributed by atoms with E-state index in [4.69, 9.17) is 0 Å². The van der Waals surface area contributed by atoms with Crippen molar-refractivity contribution in [3.05, 3.63) is 80.4 Å². The van der Waals surface area contributed by atoms with Crippen molar-refractivity contribution in [1.82, 2.24) is 14.8 Å². The summed E-state index contributed by atoms with van der Waals surface area (Å²) in [6.07, 6.45) is 1.31. The van der Waals surface area contributed by atoms with Crippen molar-refractivity contribution in [2.75, 3.05) is 0 Å². The van der Waals surface area contributed by atoms with Gasteiger partial charge in [-0.2, -0.15) is 5.10 Å². The third-order valence-electron chi connectivity index (χ3n) is 3.48. The number of aromatic nitrogens is 3. The highest BCUT2D eigenvalue weighted by Crippen LogP contribution is 2.23. The summed E-state index contributed by atoms with van der Waals surface area (Å²) < 4.78 is 15.2. The molecule has 0 aliphatic heterocycles. The molecular weight excluding hydrogens is 333 g/mol. The number of non-ortho nitro benzene ring substituents is 1. The molecule has 0 saturated carbocycles. The van der Waals surface area contributed by atoms with Gasteiger partial charge >= 0.3 is 0 Å². The summed E-state index contributed by atoms with van der Waals surface area (Å²) >= 11 is 0. The van der Waals surface area contributed by atoms with E-state index in [1.165, 1.54) is 47.4 Å². The number of benzene rings is 2. The molecule has 0 atom stereocenters. The molecule has 0 N–H and O–H groups in total. The number of halogens is 1. The van der Waals surface area contributed by atoms with E-state index >= 15 is 0 Å². The Labute approximate surface area is 139 Å². The number of rotatable bonds is 5. The molecule has 0 spiro atoms. The first kappa shape index (κ1) is 16.2. The van der Waals surface area contributed by atoms with Crippen LogP contribution in [0.4, 0.5) is 15.8 Å². The number of hydrogen-bond acceptors (Lipinski definition) is 6. The standard InChI is InChI=1S/C15H10FN5O4/c16-13-2-1-3-14(21(24)25)12(13)8-19-9-17-15(18-19)10-4-6-11(7-5-10)20(22)23/h1-7,9H,8H2. The minimum absolute atomic E-state index is 0.0647. The Morgan fingerprint density at radius 3 is 2.40 bits per heavy atom. The molecule has 1 aromatic heterocycles. The normalized spacial score (nSPS) is 10.6. The molecule has 3 rings (SSSR count). The first-order chi connectivity index (χ1) is 12.0. The van der Waals surface area contributed by atoms with Gasteiger partial charge in [0.1, 0.15) is 12.1 Å². The van der Waals surface area contributed by atoms with Crippen molar-refractivity contribution >= 4 is 11.4 Å². The van der Waals surface area contributed by atoms with Crippen molar-refractivity contribution in [3.8, 4) is 11.4 Å². The van der Waals surface area contributed by atoms with E-state index in [2.05, 4.69) is 10.1 Å². The second-order valence-electron chi connectivity index (χ2n) is 5.06. The van der Waals surface area contributed by atoms with E-state index < -0.39 is 15.7 Å². The summed E-state index contributed by atoms with van der Waals surface area (Å²) in [5.41, 5.74) is 0.0255. The van der Waals surface area contributed by atoms with Crippen molar-refractivity contribution in [1.29, 1.82) is 0 Å². The molecule has 0 bridgehead atoms. The second kappa shape index (κ2) is 6.43. The average molecular weight is 343 g/mol. The Morgan fingerprint density at radius 1 is 1.04 bits per heavy atom. The van der Waals surface area contributed by atoms with E-state index in [-0.39, 0.29) is 29.3 Å². The topological polar surface area (TPSA) is 117 Å². The molecule has 9 nitrogen and oxygen atoms in total. The summed E-state index contributed by atoms with van der Waals surface area (Å²) in [6.45, 7) is -0.164. The monoisotopic (exact) mass is 343 g/mol. The first-order valence-corrected chi connectivity index (χ1v) is 7.02. The van der Waals surface area contributed by atoms with Crippen LogP contribution in [0.15, 0.2) is 48.8 Å². The van der Waals surface area contributed by atoms with Crippen molar-refractivity contribution in [2.45, 2.75) is 6.54 Å². The SMILES string of the molecule is O=[N+]([O-])c1ccc(-c2ncn(Cc3c(F)cccc3[N+](=O)[O-])n2)cc1. The van der Waals surface area contributed by atoms with Crippen LogP contribution in [-0.2, 0) is 6.54 Å². The van der Waals surface area contributed by atoms with Gasteiger partial charge in [0.25, 0.3) is 11.4 Å². The Balaban J connectivity index is 1.88. The zero-order valence-electron chi connectivity index (χ0n) is 12.6. The van der Waals surface area contributed by atoms with Gasteiger partial charge in [-0.3, -0.25) is 20.2 Å². The summed E-state index contributed by atoms with van der Waals surface area (Å²) in [5, 5.41) is 25.8. The minimum Gasteiger partial charge on any atom is -0.258 e. The maximum atomic E-state index is 13.9. The molecule has 0 radical (unpaired) electrons. The van der Waals surface area contributed by atoms with Gasteiger partial charge in [-0.25, -0.2) is 14.1 Å². The predicted molar refractivity (Wildman–Crippen MR) is 84.3 cm³/mol. The third-order valence-corrected chi connectivity index (χ3v) is 3.48. The van der Waals surface area contributed by atoms with Crippen molar-refractivity contribution in [2.24, 2.45) is 0 Å². The van der Waals surface area contributed by atoms with Crippen LogP contribution in [0.5, 0.6) is 0 Å². The van der Waals surface area contributed by atoms with E-state index in [9.17, 15) is 24.6 Å². The summed E-state index contributed by atoms with van der Waals surface area (Å²) in [5.74, 6) is -0.435. The van der Waals surface area contributed by atoms with Gasteiger partial charge in [0, 0.05) is 23.8 Å². The molecule has 0 fully saturated rings. The summed E-state index contributed by atoms with van der Waals surface area (Å²) in [7, 11) is 0. The molecule has 0 saturated heterocycles. The fourth-order valence-corrected chi connectivity index (χ4v) is 2.27. The third kappa shape index (κ3) is 3.32. The van der Waals surface area contributed by atoms with Gasteiger partial charge in [0.15, 0.2) is 5.82 Å². The van der Waals surface area contributed by atoms with Crippen LogP contribution in [-0.4, -0.2) is 24.6 Å². The van der Waals surface area contributed by atoms with Gasteiger partial charge in [-0.05, 0) is 18.2 Å². The lowest BCUT2D eigenvalue weighted by Crippen LogP contribution is -2.06. The molecule has 1 heterocycles. The number of nitro benzene ring substituents is 2. The predicted octanol–water partition coefficient (Wildman–Crippen LogP) is 2.95. The molecule has 0 amide bonds. The first-order valence-electron chi connectivity index (χ1n) is 7.02. The Bertz CT molecular complexity index is 955. The van der Waals surface area contributed by atoms with Crippen LogP contribution < -0.4 is 0 Å². The highest BCUT2D eigenvalue weighted by atomic mass is 19.1. The fraction of sp³-hybridized carbons (Fsp3) is 0.0667. The van der Waals surface area contributed by atoms with E-state index in [1.807, 2.05) is 0 Å². The molecular formula is C15H10FN5O4. The van der Waals surface area contributed by atoms with Gasteiger partial charge in [-0.1, -0.05) is 6.07 Å². The van der Waals surface area contributed by atoms with Gasteiger partial charge in [0.05, 0.1) is 22.0 Å². The second-order valence-corrected chi connectivity index (χ2v) is 5.06. The maximum absolute atomic E-state index is 13.9. The fourth-order valence-electron chi connectivity index (χ4n) is 2.27. The number of nitrogens with zero attached hydrogens (tertiary/aromatic N) is 5. The van der Waals surface area contributed by atoms with Crippen molar-refractivity contribution in [3.63, 3.8) is 0 Å². The van der Waals surface area contributed by atoms with Crippen LogP contribution >= 0.6 is 0 Å². The highest BCUT2D eigenvalue weighted by Gasteiger charge is 2.19. The zero-order chi connectivity index (χ0) is 18.0. The van der Waals surface area contributed by atoms with Gasteiger partial charge in [-0.15, -0.1) is 0 Å². The molecule has 3 aromatic rings. The molecule has 0 unspecified atom stereocenters. The van der Waals surface area contributed by atoms with E-state index in [1.54, 1.807) is 0 Å². The molecule has 126 valence electrons. The van der Waals surface area contributed by atoms with E-state index in [0.29, 0.717) is 5.56 Å². The Morgan fingerprint density at radius 2 is 1.76 bits per heavy atom. The molecule has 0 aliphatic carbocycles. The summed E-state index contributed by atoms with van der Waals surface area (Å²) in [6, 6.07) is 9.23. The molecule has 10 heteroatoms. The molecule has 2 aromatic carbocycles. The van der Waals surface area contributed by atoms with Crippen LogP contribution in [0.2, 0.25) is 0 Å². The van der Waals surface area contributed by atoms with Crippen molar-refractivity contribution < 1.29 is 14.2 Å². The Kier molecular flexibility index (Phi) is 4.16. The van der Waals surface area contributed by atoms with Gasteiger partial charge in [0.2, 0.25) is 0 Å². The smallest absolute Gasteiger partial charge is 0.258 e. The quantitative estimate of drug-likeness (QED) is 0.519. The lowest BCUT2D eigenvalue weighted by atomic mass is 10.1. The van der Waals surface area contributed by atoms with Crippen LogP contribution in [0.25, 0.3) is 11.4 Å². The van der Waals surface area contributed by atoms with Crippen LogP contribution in [0, 0.1) is 26.0 Å². The molecule has 0 aliphatic rings. The molecule has 25 heavy (non-hydrogen) atoms. The summed E-state index contributed by atoms with van der Waals surface area (Å²) in [4.78, 5) is 24.5. The van der Waals surface area contributed by atoms with Crippen LogP contribution in [0.3, 0.4) is 0 Å². The maximum Gasteiger partial charge on any atom is 0.277 e. The average Bonchev–Trinajstić information content (AvgIpc) is 3.05. The van der Waals surface area contributed by atoms with Crippen LogP contribution in [0.1, 0.15) is 5.56 Å². The van der Waals surface area contributed by atoms with E-state index in [0.717, 1.165) is 6.07 Å². The highest BCUT2D eigenvalue weighted by molar-refractivity contribution is 5.56. The largest absolute Gasteiger partial charge is 0.277 e.